The Hall–Kier alpha value is -2.08. The summed E-state index contributed by atoms with van der Waals surface area (Å²) in [6, 6.07) is 10.1. The van der Waals surface area contributed by atoms with Gasteiger partial charge in [0.2, 0.25) is 0 Å². The van der Waals surface area contributed by atoms with Crippen molar-refractivity contribution in [2.75, 3.05) is 5.75 Å². The molecule has 104 valence electrons. The molecule has 0 aliphatic heterocycles. The largest absolute Gasteiger partial charge is 0.477 e. The molecule has 1 aromatic heterocycles. The number of aromatic amines is 1. The van der Waals surface area contributed by atoms with Gasteiger partial charge >= 0.3 is 5.97 Å². The Labute approximate surface area is 120 Å². The molecular formula is C14H14N2O3S. The zero-order valence-corrected chi connectivity index (χ0v) is 11.5. The molecule has 0 amide bonds. The second-order valence-electron chi connectivity index (χ2n) is 4.17. The number of carboxylic acids is 1. The smallest absolute Gasteiger partial charge is 0.342 e. The lowest BCUT2D eigenvalue weighted by Gasteiger charge is -2.02. The minimum absolute atomic E-state index is 0.335. The Morgan fingerprint density at radius 2 is 2.05 bits per heavy atom. The van der Waals surface area contributed by atoms with Crippen molar-refractivity contribution < 1.29 is 9.90 Å². The first-order chi connectivity index (χ1) is 9.66. The summed E-state index contributed by atoms with van der Waals surface area (Å²) >= 11 is 1.41. The quantitative estimate of drug-likeness (QED) is 0.484. The Morgan fingerprint density at radius 3 is 2.70 bits per heavy atom. The van der Waals surface area contributed by atoms with E-state index in [1.54, 1.807) is 0 Å². The summed E-state index contributed by atoms with van der Waals surface area (Å²) in [6.45, 7) is 0. The number of nitrogens with zero attached hydrogens (tertiary/aromatic N) is 1. The van der Waals surface area contributed by atoms with E-state index in [-0.39, 0.29) is 5.56 Å². The molecule has 0 aliphatic carbocycles. The second kappa shape index (κ2) is 6.91. The van der Waals surface area contributed by atoms with Gasteiger partial charge in [0.25, 0.3) is 5.56 Å². The monoisotopic (exact) mass is 290 g/mol. The van der Waals surface area contributed by atoms with Crippen LogP contribution in [0.2, 0.25) is 0 Å². The Bertz CT molecular complexity index is 640. The summed E-state index contributed by atoms with van der Waals surface area (Å²) in [6.07, 6.45) is 3.02. The number of H-pyrrole nitrogens is 1. The molecule has 20 heavy (non-hydrogen) atoms. The van der Waals surface area contributed by atoms with Gasteiger partial charge in [0.05, 0.1) is 0 Å². The predicted octanol–water partition coefficient (Wildman–Crippen LogP) is 2.19. The highest BCUT2D eigenvalue weighted by molar-refractivity contribution is 7.99. The highest BCUT2D eigenvalue weighted by Gasteiger charge is 2.09. The van der Waals surface area contributed by atoms with Crippen molar-refractivity contribution >= 4 is 17.7 Å². The molecule has 0 bridgehead atoms. The minimum atomic E-state index is -1.26. The maximum atomic E-state index is 11.4. The van der Waals surface area contributed by atoms with Gasteiger partial charge in [-0.3, -0.25) is 4.79 Å². The Kier molecular flexibility index (Phi) is 4.95. The third kappa shape index (κ3) is 3.96. The molecule has 5 nitrogen and oxygen atoms in total. The van der Waals surface area contributed by atoms with Gasteiger partial charge in [-0.2, -0.15) is 0 Å². The maximum Gasteiger partial charge on any atom is 0.342 e. The number of aromatic nitrogens is 2. The lowest BCUT2D eigenvalue weighted by molar-refractivity contribution is 0.0694. The summed E-state index contributed by atoms with van der Waals surface area (Å²) < 4.78 is 0. The topological polar surface area (TPSA) is 83.0 Å². The van der Waals surface area contributed by atoms with Crippen LogP contribution < -0.4 is 5.56 Å². The van der Waals surface area contributed by atoms with Crippen LogP contribution in [0.3, 0.4) is 0 Å². The Balaban J connectivity index is 1.84. The summed E-state index contributed by atoms with van der Waals surface area (Å²) in [4.78, 5) is 28.5. The van der Waals surface area contributed by atoms with Crippen molar-refractivity contribution in [1.82, 2.24) is 9.97 Å². The van der Waals surface area contributed by atoms with Crippen molar-refractivity contribution in [3.8, 4) is 0 Å². The van der Waals surface area contributed by atoms with Gasteiger partial charge in [-0.1, -0.05) is 42.1 Å². The van der Waals surface area contributed by atoms with E-state index in [0.717, 1.165) is 24.8 Å². The standard InChI is InChI=1S/C14H14N2O3S/c17-12-11(13(18)19)9-15-14(16-12)20-8-4-7-10-5-2-1-3-6-10/h1-3,5-6,9H,4,7-8H2,(H,18,19)(H,15,16,17). The number of carbonyl (C=O) groups is 1. The van der Waals surface area contributed by atoms with E-state index in [4.69, 9.17) is 5.11 Å². The average molecular weight is 290 g/mol. The molecule has 0 unspecified atom stereocenters. The summed E-state index contributed by atoms with van der Waals surface area (Å²) in [5.74, 6) is -0.455. The van der Waals surface area contributed by atoms with Gasteiger partial charge in [-0.25, -0.2) is 9.78 Å². The highest BCUT2D eigenvalue weighted by atomic mass is 32.2. The number of rotatable bonds is 6. The van der Waals surface area contributed by atoms with Gasteiger partial charge in [0, 0.05) is 11.9 Å². The van der Waals surface area contributed by atoms with Crippen LogP contribution in [0.4, 0.5) is 0 Å². The maximum absolute atomic E-state index is 11.4. The summed E-state index contributed by atoms with van der Waals surface area (Å²) in [5, 5.41) is 9.18. The molecule has 0 radical (unpaired) electrons. The van der Waals surface area contributed by atoms with Gasteiger partial charge < -0.3 is 10.1 Å². The van der Waals surface area contributed by atoms with Gasteiger partial charge in [0.1, 0.15) is 5.56 Å². The van der Waals surface area contributed by atoms with Crippen LogP contribution >= 0.6 is 11.8 Å². The van der Waals surface area contributed by atoms with Crippen LogP contribution in [0.25, 0.3) is 0 Å². The van der Waals surface area contributed by atoms with E-state index in [0.29, 0.717) is 5.16 Å². The summed E-state index contributed by atoms with van der Waals surface area (Å²) in [5.41, 5.74) is 0.326. The van der Waals surface area contributed by atoms with Crippen LogP contribution in [0.5, 0.6) is 0 Å². The zero-order valence-electron chi connectivity index (χ0n) is 10.7. The first-order valence-electron chi connectivity index (χ1n) is 6.16. The molecule has 2 N–H and O–H groups in total. The van der Waals surface area contributed by atoms with Crippen molar-refractivity contribution in [3.63, 3.8) is 0 Å². The number of hydrogen-bond acceptors (Lipinski definition) is 4. The first kappa shape index (κ1) is 14.3. The molecule has 0 fully saturated rings. The van der Waals surface area contributed by atoms with Gasteiger partial charge in [0.15, 0.2) is 5.16 Å². The summed E-state index contributed by atoms with van der Waals surface area (Å²) in [7, 11) is 0. The fourth-order valence-electron chi connectivity index (χ4n) is 1.69. The van der Waals surface area contributed by atoms with Crippen molar-refractivity contribution in [1.29, 1.82) is 0 Å². The molecule has 1 aromatic carbocycles. The van der Waals surface area contributed by atoms with E-state index < -0.39 is 11.5 Å². The molecule has 1 heterocycles. The second-order valence-corrected chi connectivity index (χ2v) is 5.26. The lowest BCUT2D eigenvalue weighted by Crippen LogP contribution is -2.18. The van der Waals surface area contributed by atoms with Gasteiger partial charge in [-0.15, -0.1) is 0 Å². The molecule has 2 aromatic rings. The van der Waals surface area contributed by atoms with Crippen LogP contribution in [0.1, 0.15) is 22.3 Å². The van der Waals surface area contributed by atoms with Gasteiger partial charge in [-0.05, 0) is 18.4 Å². The number of hydrogen-bond donors (Lipinski definition) is 2. The molecule has 0 aliphatic rings. The molecular weight excluding hydrogens is 276 g/mol. The van der Waals surface area contributed by atoms with Crippen LogP contribution in [0.15, 0.2) is 46.5 Å². The van der Waals surface area contributed by atoms with E-state index in [9.17, 15) is 9.59 Å². The number of benzene rings is 1. The van der Waals surface area contributed by atoms with Crippen molar-refractivity contribution in [3.05, 3.63) is 58.0 Å². The van der Waals surface area contributed by atoms with Crippen LogP contribution in [-0.2, 0) is 6.42 Å². The first-order valence-corrected chi connectivity index (χ1v) is 7.14. The predicted molar refractivity (Wildman–Crippen MR) is 77.3 cm³/mol. The van der Waals surface area contributed by atoms with Crippen molar-refractivity contribution in [2.45, 2.75) is 18.0 Å². The molecule has 0 spiro atoms. The molecule has 0 saturated heterocycles. The Morgan fingerprint density at radius 1 is 1.30 bits per heavy atom. The fourth-order valence-corrected chi connectivity index (χ4v) is 2.47. The highest BCUT2D eigenvalue weighted by Crippen LogP contribution is 2.13. The zero-order chi connectivity index (χ0) is 14.4. The third-order valence-electron chi connectivity index (χ3n) is 2.70. The average Bonchev–Trinajstić information content (AvgIpc) is 2.44. The van der Waals surface area contributed by atoms with E-state index in [2.05, 4.69) is 22.1 Å². The number of aromatic carboxylic acids is 1. The minimum Gasteiger partial charge on any atom is -0.477 e. The van der Waals surface area contributed by atoms with Crippen molar-refractivity contribution in [2.24, 2.45) is 0 Å². The third-order valence-corrected chi connectivity index (χ3v) is 3.67. The molecule has 2 rings (SSSR count). The van der Waals surface area contributed by atoms with E-state index in [1.165, 1.54) is 17.3 Å². The normalized spacial score (nSPS) is 10.4. The number of nitrogens with one attached hydrogen (secondary N) is 1. The number of thioether (sulfide) groups is 1. The molecule has 0 saturated carbocycles. The molecule has 0 atom stereocenters. The molecule has 6 heteroatoms. The van der Waals surface area contributed by atoms with Crippen LogP contribution in [-0.4, -0.2) is 26.8 Å². The lowest BCUT2D eigenvalue weighted by atomic mass is 10.1. The van der Waals surface area contributed by atoms with Crippen LogP contribution in [0, 0.1) is 0 Å². The number of carboxylic acid groups (broad SMARTS) is 1. The van der Waals surface area contributed by atoms with E-state index in [1.807, 2.05) is 18.2 Å². The fraction of sp³-hybridized carbons (Fsp3) is 0.214. The van der Waals surface area contributed by atoms with E-state index >= 15 is 0 Å². The number of aryl methyl sites for hydroxylation is 1. The SMILES string of the molecule is O=C(O)c1cnc(SCCCc2ccccc2)[nH]c1=O.